The van der Waals surface area contributed by atoms with Gasteiger partial charge in [0.15, 0.2) is 0 Å². The molecule has 0 bridgehead atoms. The summed E-state index contributed by atoms with van der Waals surface area (Å²) in [6.45, 7) is 0.448. The lowest BCUT2D eigenvalue weighted by atomic mass is 10.1. The summed E-state index contributed by atoms with van der Waals surface area (Å²) in [4.78, 5) is 11.7. The Labute approximate surface area is 116 Å². The van der Waals surface area contributed by atoms with Gasteiger partial charge < -0.3 is 5.32 Å². The van der Waals surface area contributed by atoms with Gasteiger partial charge in [0.05, 0.1) is 6.42 Å². The molecule has 1 N–H and O–H groups in total. The molecule has 4 heteroatoms. The van der Waals surface area contributed by atoms with Crippen LogP contribution in [-0.2, 0) is 17.6 Å². The number of nitrogens with one attached hydrogen (secondary N) is 1. The second-order valence-electron chi connectivity index (χ2n) is 4.53. The third-order valence-electron chi connectivity index (χ3n) is 2.90. The van der Waals surface area contributed by atoms with E-state index < -0.39 is 0 Å². The molecule has 0 radical (unpaired) electrons. The summed E-state index contributed by atoms with van der Waals surface area (Å²) < 4.78 is 25.7. The topological polar surface area (TPSA) is 29.1 Å². The first-order chi connectivity index (χ1) is 9.63. The number of amides is 1. The van der Waals surface area contributed by atoms with Crippen LogP contribution in [-0.4, -0.2) is 12.5 Å². The predicted octanol–water partition coefficient (Wildman–Crippen LogP) is 2.87. The maximum absolute atomic E-state index is 13.0. The van der Waals surface area contributed by atoms with Gasteiger partial charge in [-0.2, -0.15) is 0 Å². The van der Waals surface area contributed by atoms with Crippen molar-refractivity contribution in [3.63, 3.8) is 0 Å². The molecule has 104 valence electrons. The quantitative estimate of drug-likeness (QED) is 0.893. The van der Waals surface area contributed by atoms with Crippen LogP contribution in [0.1, 0.15) is 11.1 Å². The second-order valence-corrected chi connectivity index (χ2v) is 4.53. The predicted molar refractivity (Wildman–Crippen MR) is 73.2 cm³/mol. The molecule has 0 aliphatic carbocycles. The lowest BCUT2D eigenvalue weighted by Crippen LogP contribution is -2.27. The van der Waals surface area contributed by atoms with Crippen LogP contribution in [0.25, 0.3) is 0 Å². The lowest BCUT2D eigenvalue weighted by Gasteiger charge is -2.06. The van der Waals surface area contributed by atoms with Gasteiger partial charge in [0.2, 0.25) is 5.91 Å². The Kier molecular flexibility index (Phi) is 4.82. The van der Waals surface area contributed by atoms with E-state index in [0.29, 0.717) is 13.0 Å². The molecule has 0 heterocycles. The van der Waals surface area contributed by atoms with E-state index >= 15 is 0 Å². The van der Waals surface area contributed by atoms with Gasteiger partial charge in [-0.3, -0.25) is 4.79 Å². The molecule has 0 spiro atoms. The van der Waals surface area contributed by atoms with Gasteiger partial charge in [-0.25, -0.2) is 8.78 Å². The highest BCUT2D eigenvalue weighted by atomic mass is 19.1. The fourth-order valence-corrected chi connectivity index (χ4v) is 1.89. The van der Waals surface area contributed by atoms with Gasteiger partial charge in [0.25, 0.3) is 0 Å². The Morgan fingerprint density at radius 2 is 1.70 bits per heavy atom. The molecule has 0 saturated carbocycles. The number of carbonyl (C=O) groups is 1. The summed E-state index contributed by atoms with van der Waals surface area (Å²) in [7, 11) is 0. The number of carbonyl (C=O) groups excluding carboxylic acids is 1. The molecule has 20 heavy (non-hydrogen) atoms. The zero-order chi connectivity index (χ0) is 14.4. The van der Waals surface area contributed by atoms with Gasteiger partial charge in [0, 0.05) is 6.54 Å². The molecule has 0 unspecified atom stereocenters. The number of rotatable bonds is 5. The molecule has 2 aromatic carbocycles. The Morgan fingerprint density at radius 1 is 0.950 bits per heavy atom. The van der Waals surface area contributed by atoms with E-state index in [1.807, 2.05) is 6.07 Å². The first kappa shape index (κ1) is 14.2. The van der Waals surface area contributed by atoms with Crippen LogP contribution in [0.15, 0.2) is 48.5 Å². The van der Waals surface area contributed by atoms with E-state index in [-0.39, 0.29) is 24.0 Å². The van der Waals surface area contributed by atoms with Crippen LogP contribution in [0.2, 0.25) is 0 Å². The summed E-state index contributed by atoms with van der Waals surface area (Å²) >= 11 is 0. The minimum absolute atomic E-state index is 0.131. The number of benzene rings is 2. The maximum atomic E-state index is 13.0. The number of hydrogen-bond acceptors (Lipinski definition) is 1. The van der Waals surface area contributed by atoms with Crippen LogP contribution in [0.5, 0.6) is 0 Å². The molecule has 2 nitrogen and oxygen atoms in total. The van der Waals surface area contributed by atoms with E-state index in [0.717, 1.165) is 11.1 Å². The van der Waals surface area contributed by atoms with Gasteiger partial charge in [-0.1, -0.05) is 24.3 Å². The molecule has 2 rings (SSSR count). The molecule has 2 aromatic rings. The van der Waals surface area contributed by atoms with Crippen molar-refractivity contribution in [2.45, 2.75) is 12.8 Å². The van der Waals surface area contributed by atoms with E-state index in [4.69, 9.17) is 0 Å². The van der Waals surface area contributed by atoms with E-state index in [1.54, 1.807) is 18.2 Å². The van der Waals surface area contributed by atoms with Gasteiger partial charge >= 0.3 is 0 Å². The Morgan fingerprint density at radius 3 is 2.40 bits per heavy atom. The molecule has 0 atom stereocenters. The molecule has 0 fully saturated rings. The molecular formula is C16H15F2NO. The van der Waals surface area contributed by atoms with Crippen LogP contribution in [0, 0.1) is 11.6 Å². The summed E-state index contributed by atoms with van der Waals surface area (Å²) in [6.07, 6.45) is 0.788. The van der Waals surface area contributed by atoms with Crippen molar-refractivity contribution in [1.29, 1.82) is 0 Å². The molecule has 0 aliphatic heterocycles. The first-order valence-corrected chi connectivity index (χ1v) is 6.39. The summed E-state index contributed by atoms with van der Waals surface area (Å²) in [5, 5.41) is 2.76. The molecule has 0 saturated heterocycles. The van der Waals surface area contributed by atoms with Crippen LogP contribution in [0.3, 0.4) is 0 Å². The van der Waals surface area contributed by atoms with Crippen molar-refractivity contribution in [2.24, 2.45) is 0 Å². The highest BCUT2D eigenvalue weighted by Gasteiger charge is 2.03. The largest absolute Gasteiger partial charge is 0.355 e. The van der Waals surface area contributed by atoms with Crippen molar-refractivity contribution < 1.29 is 13.6 Å². The fourth-order valence-electron chi connectivity index (χ4n) is 1.89. The summed E-state index contributed by atoms with van der Waals surface area (Å²) in [6, 6.07) is 12.1. The minimum atomic E-state index is -0.319. The minimum Gasteiger partial charge on any atom is -0.355 e. The third kappa shape index (κ3) is 4.46. The van der Waals surface area contributed by atoms with Gasteiger partial charge in [0.1, 0.15) is 11.6 Å². The van der Waals surface area contributed by atoms with Crippen LogP contribution >= 0.6 is 0 Å². The summed E-state index contributed by atoms with van der Waals surface area (Å²) in [5.41, 5.74) is 1.60. The van der Waals surface area contributed by atoms with Crippen molar-refractivity contribution >= 4 is 5.91 Å². The van der Waals surface area contributed by atoms with E-state index in [2.05, 4.69) is 5.32 Å². The number of hydrogen-bond donors (Lipinski definition) is 1. The lowest BCUT2D eigenvalue weighted by molar-refractivity contribution is -0.120. The van der Waals surface area contributed by atoms with Gasteiger partial charge in [-0.05, 0) is 41.8 Å². The van der Waals surface area contributed by atoms with Crippen LogP contribution < -0.4 is 5.32 Å². The Balaban J connectivity index is 1.76. The van der Waals surface area contributed by atoms with Crippen molar-refractivity contribution in [3.05, 3.63) is 71.3 Å². The Hall–Kier alpha value is -2.23. The number of halogens is 2. The van der Waals surface area contributed by atoms with Gasteiger partial charge in [-0.15, -0.1) is 0 Å². The van der Waals surface area contributed by atoms with Crippen molar-refractivity contribution in [3.8, 4) is 0 Å². The Bertz CT molecular complexity index is 581. The summed E-state index contributed by atoms with van der Waals surface area (Å²) in [5.74, 6) is -0.728. The zero-order valence-electron chi connectivity index (χ0n) is 10.9. The maximum Gasteiger partial charge on any atom is 0.224 e. The van der Waals surface area contributed by atoms with Crippen LogP contribution in [0.4, 0.5) is 8.78 Å². The zero-order valence-corrected chi connectivity index (χ0v) is 10.9. The first-order valence-electron chi connectivity index (χ1n) is 6.39. The second kappa shape index (κ2) is 6.80. The molecule has 1 amide bonds. The average Bonchev–Trinajstić information content (AvgIpc) is 2.41. The monoisotopic (exact) mass is 275 g/mol. The highest BCUT2D eigenvalue weighted by Crippen LogP contribution is 2.05. The highest BCUT2D eigenvalue weighted by molar-refractivity contribution is 5.78. The fraction of sp³-hybridized carbons (Fsp3) is 0.188. The smallest absolute Gasteiger partial charge is 0.224 e. The molecule has 0 aromatic heterocycles. The van der Waals surface area contributed by atoms with Crippen molar-refractivity contribution in [2.75, 3.05) is 6.54 Å². The van der Waals surface area contributed by atoms with Crippen molar-refractivity contribution in [1.82, 2.24) is 5.32 Å². The SMILES string of the molecule is O=C(Cc1ccc(F)cc1)NCCc1cccc(F)c1. The van der Waals surface area contributed by atoms with E-state index in [1.165, 1.54) is 24.3 Å². The average molecular weight is 275 g/mol. The molecule has 0 aliphatic rings. The van der Waals surface area contributed by atoms with E-state index in [9.17, 15) is 13.6 Å². The molecular weight excluding hydrogens is 260 g/mol. The third-order valence-corrected chi connectivity index (χ3v) is 2.90. The normalized spacial score (nSPS) is 10.3. The standard InChI is InChI=1S/C16H15F2NO/c17-14-6-4-13(5-7-14)11-16(20)19-9-8-12-2-1-3-15(18)10-12/h1-7,10H,8-9,11H2,(H,19,20).